The molecule has 2 aliphatic rings. The van der Waals surface area contributed by atoms with Gasteiger partial charge in [-0.05, 0) is 44.9 Å². The van der Waals surface area contributed by atoms with Gasteiger partial charge in [0.05, 0.1) is 18.6 Å². The van der Waals surface area contributed by atoms with Crippen LogP contribution in [-0.2, 0) is 19.1 Å². The summed E-state index contributed by atoms with van der Waals surface area (Å²) in [5.41, 5.74) is -0.180. The van der Waals surface area contributed by atoms with Crippen molar-refractivity contribution in [3.63, 3.8) is 0 Å². The van der Waals surface area contributed by atoms with Gasteiger partial charge in [0.15, 0.2) is 0 Å². The van der Waals surface area contributed by atoms with Crippen LogP contribution in [0, 0.1) is 5.92 Å². The molecule has 132 valence electrons. The van der Waals surface area contributed by atoms with Gasteiger partial charge >= 0.3 is 5.97 Å². The smallest absolute Gasteiger partial charge is 0.310 e. The minimum atomic E-state index is -0.290. The summed E-state index contributed by atoms with van der Waals surface area (Å²) >= 11 is 0. The molecule has 1 spiro atoms. The molecule has 1 heterocycles. The van der Waals surface area contributed by atoms with Gasteiger partial charge in [-0.1, -0.05) is 19.8 Å². The average Bonchev–Trinajstić information content (AvgIpc) is 2.57. The van der Waals surface area contributed by atoms with Crippen molar-refractivity contribution in [2.45, 2.75) is 82.8 Å². The monoisotopic (exact) mass is 325 g/mol. The second-order valence-electron chi connectivity index (χ2n) is 6.99. The molecule has 0 bridgehead atoms. The molecule has 0 radical (unpaired) electrons. The molecule has 1 saturated heterocycles. The maximum atomic E-state index is 12.2. The topological polar surface area (TPSA) is 64.6 Å². The Morgan fingerprint density at radius 3 is 2.74 bits per heavy atom. The fraction of sp³-hybridized carbons (Fsp3) is 0.889. The van der Waals surface area contributed by atoms with Crippen molar-refractivity contribution in [1.82, 2.24) is 5.32 Å². The molecule has 0 aromatic heterocycles. The molecule has 1 amide bonds. The maximum absolute atomic E-state index is 12.2. The zero-order chi connectivity index (χ0) is 16.7. The molecule has 1 aliphatic heterocycles. The number of nitrogens with one attached hydrogen (secondary N) is 1. The second kappa shape index (κ2) is 8.67. The lowest BCUT2D eigenvalue weighted by Gasteiger charge is -2.45. The average molecular weight is 325 g/mol. The summed E-state index contributed by atoms with van der Waals surface area (Å²) in [6, 6.07) is -0.118. The van der Waals surface area contributed by atoms with Crippen molar-refractivity contribution in [3.05, 3.63) is 0 Å². The van der Waals surface area contributed by atoms with Crippen LogP contribution in [0.1, 0.15) is 71.1 Å². The van der Waals surface area contributed by atoms with Crippen LogP contribution in [0.15, 0.2) is 0 Å². The SMILES string of the molecule is CCCCCC(=O)N[C@@H]1CCC2(CCCCO2)C[C@@H]1C(=O)OC. The number of hydrogen-bond acceptors (Lipinski definition) is 4. The van der Waals surface area contributed by atoms with Gasteiger partial charge in [-0.15, -0.1) is 0 Å². The number of amides is 1. The molecule has 0 aromatic rings. The van der Waals surface area contributed by atoms with Crippen molar-refractivity contribution in [1.29, 1.82) is 0 Å². The van der Waals surface area contributed by atoms with Crippen LogP contribution in [-0.4, -0.2) is 37.2 Å². The van der Waals surface area contributed by atoms with E-state index in [2.05, 4.69) is 12.2 Å². The minimum Gasteiger partial charge on any atom is -0.469 e. The first-order chi connectivity index (χ1) is 11.1. The number of esters is 1. The van der Waals surface area contributed by atoms with Crippen LogP contribution >= 0.6 is 0 Å². The molecular formula is C18H31NO4. The summed E-state index contributed by atoms with van der Waals surface area (Å²) < 4.78 is 11.0. The standard InChI is InChI=1S/C18H31NO4/c1-3-4-5-8-16(20)19-15-9-11-18(10-6-7-12-23-18)13-14(15)17(21)22-2/h14-15H,3-13H2,1-2H3,(H,19,20)/t14-,15+,18?/m0/s1. The summed E-state index contributed by atoms with van der Waals surface area (Å²) in [5, 5.41) is 3.07. The number of unbranched alkanes of at least 4 members (excludes halogenated alkanes) is 2. The second-order valence-corrected chi connectivity index (χ2v) is 6.99. The van der Waals surface area contributed by atoms with E-state index in [-0.39, 0.29) is 29.4 Å². The molecule has 1 aliphatic carbocycles. The number of carbonyl (C=O) groups excluding carboxylic acids is 2. The summed E-state index contributed by atoms with van der Waals surface area (Å²) in [6.45, 7) is 2.90. The lowest BCUT2D eigenvalue weighted by atomic mass is 9.72. The normalized spacial score (nSPS) is 30.9. The van der Waals surface area contributed by atoms with E-state index in [1.165, 1.54) is 7.11 Å². The first-order valence-electron chi connectivity index (χ1n) is 9.11. The highest BCUT2D eigenvalue weighted by atomic mass is 16.5. The summed E-state index contributed by atoms with van der Waals surface area (Å²) in [4.78, 5) is 24.3. The van der Waals surface area contributed by atoms with Crippen molar-refractivity contribution in [3.8, 4) is 0 Å². The lowest BCUT2D eigenvalue weighted by molar-refractivity contribution is -0.160. The Balaban J connectivity index is 1.95. The Hall–Kier alpha value is -1.10. The third kappa shape index (κ3) is 4.93. The number of rotatable bonds is 6. The van der Waals surface area contributed by atoms with E-state index >= 15 is 0 Å². The Labute approximate surface area is 139 Å². The third-order valence-electron chi connectivity index (χ3n) is 5.28. The fourth-order valence-electron chi connectivity index (χ4n) is 3.92. The minimum absolute atomic E-state index is 0.0536. The molecule has 3 atom stereocenters. The maximum Gasteiger partial charge on any atom is 0.310 e. The molecule has 23 heavy (non-hydrogen) atoms. The quantitative estimate of drug-likeness (QED) is 0.602. The largest absolute Gasteiger partial charge is 0.469 e. The van der Waals surface area contributed by atoms with E-state index < -0.39 is 0 Å². The molecule has 1 unspecified atom stereocenters. The zero-order valence-electron chi connectivity index (χ0n) is 14.6. The molecule has 0 aromatic carbocycles. The van der Waals surface area contributed by atoms with Gasteiger partial charge < -0.3 is 14.8 Å². The molecule has 5 heteroatoms. The highest BCUT2D eigenvalue weighted by Gasteiger charge is 2.46. The number of ether oxygens (including phenoxy) is 2. The zero-order valence-corrected chi connectivity index (χ0v) is 14.6. The van der Waals surface area contributed by atoms with Crippen LogP contribution in [0.3, 0.4) is 0 Å². The third-order valence-corrected chi connectivity index (χ3v) is 5.28. The lowest BCUT2D eigenvalue weighted by Crippen LogP contribution is -2.53. The summed E-state index contributed by atoms with van der Waals surface area (Å²) in [5.74, 6) is -0.461. The van der Waals surface area contributed by atoms with E-state index in [1.807, 2.05) is 0 Å². The highest BCUT2D eigenvalue weighted by Crippen LogP contribution is 2.41. The van der Waals surface area contributed by atoms with E-state index in [4.69, 9.17) is 9.47 Å². The van der Waals surface area contributed by atoms with Crippen LogP contribution in [0.4, 0.5) is 0 Å². The van der Waals surface area contributed by atoms with E-state index in [0.717, 1.165) is 58.0 Å². The highest BCUT2D eigenvalue weighted by molar-refractivity contribution is 5.78. The van der Waals surface area contributed by atoms with Gasteiger partial charge in [-0.25, -0.2) is 0 Å². The van der Waals surface area contributed by atoms with Gasteiger partial charge in [0.1, 0.15) is 0 Å². The number of methoxy groups -OCH3 is 1. The molecule has 2 rings (SSSR count). The predicted molar refractivity (Wildman–Crippen MR) is 88.0 cm³/mol. The van der Waals surface area contributed by atoms with Crippen LogP contribution in [0.2, 0.25) is 0 Å². The molecule has 1 N–H and O–H groups in total. The van der Waals surface area contributed by atoms with Gasteiger partial charge in [0, 0.05) is 19.1 Å². The van der Waals surface area contributed by atoms with Crippen molar-refractivity contribution >= 4 is 11.9 Å². The first kappa shape index (κ1) is 18.2. The number of carbonyl (C=O) groups is 2. The Kier molecular flexibility index (Phi) is 6.88. The van der Waals surface area contributed by atoms with E-state index in [1.54, 1.807) is 0 Å². The Morgan fingerprint density at radius 2 is 2.09 bits per heavy atom. The fourth-order valence-corrected chi connectivity index (χ4v) is 3.92. The van der Waals surface area contributed by atoms with E-state index in [0.29, 0.717) is 12.8 Å². The Bertz CT molecular complexity index is 404. The van der Waals surface area contributed by atoms with Gasteiger partial charge in [-0.2, -0.15) is 0 Å². The van der Waals surface area contributed by atoms with Gasteiger partial charge in [-0.3, -0.25) is 9.59 Å². The molecule has 1 saturated carbocycles. The number of hydrogen-bond donors (Lipinski definition) is 1. The van der Waals surface area contributed by atoms with Gasteiger partial charge in [0.25, 0.3) is 0 Å². The summed E-state index contributed by atoms with van der Waals surface area (Å²) in [7, 11) is 1.42. The molecule has 2 fully saturated rings. The molecular weight excluding hydrogens is 294 g/mol. The summed E-state index contributed by atoms with van der Waals surface area (Å²) in [6.07, 6.45) is 9.25. The Morgan fingerprint density at radius 1 is 1.26 bits per heavy atom. The van der Waals surface area contributed by atoms with Crippen LogP contribution < -0.4 is 5.32 Å². The van der Waals surface area contributed by atoms with E-state index in [9.17, 15) is 9.59 Å². The predicted octanol–water partition coefficient (Wildman–Crippen LogP) is 2.96. The molecule has 5 nitrogen and oxygen atoms in total. The van der Waals surface area contributed by atoms with Gasteiger partial charge in [0.2, 0.25) is 5.91 Å². The van der Waals surface area contributed by atoms with Crippen molar-refractivity contribution in [2.24, 2.45) is 5.92 Å². The van der Waals surface area contributed by atoms with Crippen LogP contribution in [0.5, 0.6) is 0 Å². The first-order valence-corrected chi connectivity index (χ1v) is 9.11. The van der Waals surface area contributed by atoms with Crippen molar-refractivity contribution < 1.29 is 19.1 Å². The van der Waals surface area contributed by atoms with Crippen LogP contribution in [0.25, 0.3) is 0 Å². The van der Waals surface area contributed by atoms with Crippen molar-refractivity contribution in [2.75, 3.05) is 13.7 Å².